The highest BCUT2D eigenvalue weighted by Crippen LogP contribution is 2.46. The summed E-state index contributed by atoms with van der Waals surface area (Å²) in [4.78, 5) is 72.5. The third-order valence-corrected chi connectivity index (χ3v) is 4.76. The molecule has 0 heterocycles. The molecule has 23 nitrogen and oxygen atoms in total. The summed E-state index contributed by atoms with van der Waals surface area (Å²) in [6.07, 6.45) is 0.690. The lowest BCUT2D eigenvalue weighted by Crippen LogP contribution is -2.34. The van der Waals surface area contributed by atoms with Gasteiger partial charge in [-0.15, -0.1) is 0 Å². The second kappa shape index (κ2) is 11.2. The normalized spacial score (nSPS) is 10.7. The molecule has 0 radical (unpaired) electrons. The molecule has 0 atom stereocenters. The highest BCUT2D eigenvalue weighted by atomic mass is 16.7. The van der Waals surface area contributed by atoms with E-state index in [9.17, 15) is 70.8 Å². The smallest absolute Gasteiger partial charge is 0.319 e. The number of hydrazine groups is 1. The standard InChI is InChI=1S/C16H10N8O15/c25-4-3-17(24(38)39)16-14(22(34)35)7-13(21(32)33)10(15(16)23(36)37)2-1-9-11(19(28)29)5-8(18(26)27)6-12(9)20(30)31/h1-2,5-7,25H,3-4H2. The number of nitro groups is 7. The van der Waals surface area contributed by atoms with Crippen LogP contribution in [-0.4, -0.2) is 52.8 Å². The first-order valence-electron chi connectivity index (χ1n) is 9.60. The molecule has 0 amide bonds. The van der Waals surface area contributed by atoms with Gasteiger partial charge in [0.15, 0.2) is 5.03 Å². The summed E-state index contributed by atoms with van der Waals surface area (Å²) < 4.78 is 0. The van der Waals surface area contributed by atoms with Gasteiger partial charge in [0.25, 0.3) is 28.4 Å². The SMILES string of the molecule is O=[N+]([O-])c1cc([N+](=O)[O-])c(C=Cc2c([N+](=O)[O-])cc([N+](=O)[O-])c(N(CCO)[N+](=O)[O-])c2[N+](=O)[O-])c([N+](=O)[O-])c1. The topological polar surface area (TPSA) is 325 Å². The zero-order valence-corrected chi connectivity index (χ0v) is 18.5. The van der Waals surface area contributed by atoms with Crippen LogP contribution in [0.5, 0.6) is 0 Å². The molecule has 23 heteroatoms. The summed E-state index contributed by atoms with van der Waals surface area (Å²) >= 11 is 0. The number of aliphatic hydroxyl groups excluding tert-OH is 1. The van der Waals surface area contributed by atoms with Crippen molar-refractivity contribution in [2.24, 2.45) is 0 Å². The van der Waals surface area contributed by atoms with E-state index >= 15 is 0 Å². The maximum absolute atomic E-state index is 11.9. The number of rotatable bonds is 12. The van der Waals surface area contributed by atoms with Gasteiger partial charge in [-0.05, 0) is 12.2 Å². The van der Waals surface area contributed by atoms with Crippen LogP contribution in [0.25, 0.3) is 12.2 Å². The Labute approximate surface area is 210 Å². The summed E-state index contributed by atoms with van der Waals surface area (Å²) in [6, 6.07) is 0.702. The number of non-ortho nitro benzene ring substituents is 1. The van der Waals surface area contributed by atoms with Gasteiger partial charge >= 0.3 is 11.4 Å². The molecule has 0 spiro atoms. The second-order valence-electron chi connectivity index (χ2n) is 6.88. The molecule has 0 bridgehead atoms. The highest BCUT2D eigenvalue weighted by Gasteiger charge is 2.42. The Bertz CT molecular complexity index is 1450. The van der Waals surface area contributed by atoms with Gasteiger partial charge in [-0.1, -0.05) is 5.01 Å². The van der Waals surface area contributed by atoms with Gasteiger partial charge in [-0.3, -0.25) is 60.7 Å². The Morgan fingerprint density at radius 2 is 1.05 bits per heavy atom. The van der Waals surface area contributed by atoms with E-state index in [1.165, 1.54) is 0 Å². The highest BCUT2D eigenvalue weighted by molar-refractivity contribution is 5.91. The van der Waals surface area contributed by atoms with E-state index in [1.807, 2.05) is 0 Å². The fourth-order valence-corrected chi connectivity index (χ4v) is 3.26. The van der Waals surface area contributed by atoms with Crippen LogP contribution < -0.4 is 5.01 Å². The molecule has 39 heavy (non-hydrogen) atoms. The molecule has 0 saturated carbocycles. The number of hydrogen-bond donors (Lipinski definition) is 1. The van der Waals surface area contributed by atoms with Gasteiger partial charge in [0.2, 0.25) is 0 Å². The van der Waals surface area contributed by atoms with Crippen molar-refractivity contribution in [2.75, 3.05) is 18.2 Å². The molecule has 204 valence electrons. The maximum atomic E-state index is 11.9. The van der Waals surface area contributed by atoms with Crippen molar-refractivity contribution in [3.8, 4) is 0 Å². The van der Waals surface area contributed by atoms with Crippen molar-refractivity contribution in [3.05, 3.63) is 100 Å². The number of aliphatic hydroxyl groups is 1. The van der Waals surface area contributed by atoms with Crippen LogP contribution in [0.1, 0.15) is 11.1 Å². The summed E-state index contributed by atoms with van der Waals surface area (Å²) in [5.74, 6) is 0. The van der Waals surface area contributed by atoms with E-state index in [4.69, 9.17) is 5.11 Å². The molecule has 1 N–H and O–H groups in total. The average molecular weight is 554 g/mol. The number of benzene rings is 2. The Balaban J connectivity index is 3.12. The third kappa shape index (κ3) is 5.77. The third-order valence-electron chi connectivity index (χ3n) is 4.76. The zero-order chi connectivity index (χ0) is 29.8. The molecule has 2 aromatic rings. The van der Waals surface area contributed by atoms with Gasteiger partial charge < -0.3 is 5.11 Å². The van der Waals surface area contributed by atoms with E-state index in [-0.39, 0.29) is 11.1 Å². The van der Waals surface area contributed by atoms with Crippen molar-refractivity contribution in [2.45, 2.75) is 0 Å². The number of nitrogens with zero attached hydrogens (tertiary/aromatic N) is 8. The Kier molecular flexibility index (Phi) is 8.32. The quantitative estimate of drug-likeness (QED) is 0.223. The lowest BCUT2D eigenvalue weighted by Gasteiger charge is -2.14. The van der Waals surface area contributed by atoms with Crippen LogP contribution in [0.2, 0.25) is 0 Å². The number of hydrogen-bond acceptors (Lipinski definition) is 15. The number of nitro benzene ring substituents is 6. The molecule has 0 aliphatic rings. The minimum Gasteiger partial charge on any atom is -0.394 e. The minimum absolute atomic E-state index is 0.106. The van der Waals surface area contributed by atoms with Crippen molar-refractivity contribution in [1.82, 2.24) is 0 Å². The first-order valence-corrected chi connectivity index (χ1v) is 9.60. The molecule has 0 aliphatic carbocycles. The van der Waals surface area contributed by atoms with E-state index in [1.54, 1.807) is 0 Å². The van der Waals surface area contributed by atoms with Crippen LogP contribution in [-0.2, 0) is 0 Å². The van der Waals surface area contributed by atoms with Crippen LogP contribution in [0.15, 0.2) is 18.2 Å². The first-order chi connectivity index (χ1) is 18.1. The van der Waals surface area contributed by atoms with Gasteiger partial charge in [-0.2, -0.15) is 0 Å². The van der Waals surface area contributed by atoms with Crippen molar-refractivity contribution >= 4 is 52.0 Å². The predicted molar refractivity (Wildman–Crippen MR) is 123 cm³/mol. The summed E-state index contributed by atoms with van der Waals surface area (Å²) in [5.41, 5.74) is -11.9. The largest absolute Gasteiger partial charge is 0.394 e. The molecule has 0 aromatic heterocycles. The monoisotopic (exact) mass is 554 g/mol. The van der Waals surface area contributed by atoms with E-state index in [0.29, 0.717) is 24.3 Å². The van der Waals surface area contributed by atoms with Crippen LogP contribution in [0.4, 0.5) is 39.8 Å². The summed E-state index contributed by atoms with van der Waals surface area (Å²) in [6.45, 7) is -2.15. The molecular weight excluding hydrogens is 544 g/mol. The lowest BCUT2D eigenvalue weighted by molar-refractivity contribution is -0.497. The fraction of sp³-hybridized carbons (Fsp3) is 0.125. The molecule has 2 rings (SSSR count). The second-order valence-corrected chi connectivity index (χ2v) is 6.88. The molecule has 0 fully saturated rings. The van der Waals surface area contributed by atoms with E-state index in [2.05, 4.69) is 0 Å². The lowest BCUT2D eigenvalue weighted by atomic mass is 10.0. The van der Waals surface area contributed by atoms with Gasteiger partial charge in [-0.25, -0.2) is 10.1 Å². The minimum atomic E-state index is -1.63. The Morgan fingerprint density at radius 1 is 0.615 bits per heavy atom. The van der Waals surface area contributed by atoms with Crippen molar-refractivity contribution < 1.29 is 39.7 Å². The molecule has 2 aromatic carbocycles. The van der Waals surface area contributed by atoms with Crippen LogP contribution in [0.3, 0.4) is 0 Å². The average Bonchev–Trinajstić information content (AvgIpc) is 2.83. The predicted octanol–water partition coefficient (Wildman–Crippen LogP) is 2.30. The zero-order valence-electron chi connectivity index (χ0n) is 18.5. The van der Waals surface area contributed by atoms with Crippen LogP contribution >= 0.6 is 0 Å². The van der Waals surface area contributed by atoms with Crippen molar-refractivity contribution in [1.29, 1.82) is 0 Å². The first kappa shape index (κ1) is 29.0. The van der Waals surface area contributed by atoms with E-state index in [0.717, 1.165) is 0 Å². The Morgan fingerprint density at radius 3 is 1.41 bits per heavy atom. The molecule has 0 unspecified atom stereocenters. The van der Waals surface area contributed by atoms with E-state index < -0.39 is 98.7 Å². The summed E-state index contributed by atoms with van der Waals surface area (Å²) in [7, 11) is 0. The molecule has 0 aliphatic heterocycles. The van der Waals surface area contributed by atoms with Crippen LogP contribution in [0, 0.1) is 70.8 Å². The summed E-state index contributed by atoms with van der Waals surface area (Å²) in [5, 5.41) is 88.1. The number of anilines is 1. The van der Waals surface area contributed by atoms with Crippen molar-refractivity contribution in [3.63, 3.8) is 0 Å². The Hall–Kier alpha value is -6.26. The molecule has 0 saturated heterocycles. The van der Waals surface area contributed by atoms with Gasteiger partial charge in [0.1, 0.15) is 17.7 Å². The maximum Gasteiger partial charge on any atom is 0.319 e. The molecular formula is C16H10N8O15. The van der Waals surface area contributed by atoms with Gasteiger partial charge in [0.05, 0.1) is 54.3 Å². The fourth-order valence-electron chi connectivity index (χ4n) is 3.26. The van der Waals surface area contributed by atoms with Gasteiger partial charge in [0, 0.05) is 0 Å².